The van der Waals surface area contributed by atoms with Gasteiger partial charge in [-0.1, -0.05) is 196 Å². The molecule has 0 rings (SSSR count). The third-order valence-electron chi connectivity index (χ3n) is 10.6. The fraction of sp³-hybridized carbons (Fsp3) is 0.731. The lowest BCUT2D eigenvalue weighted by atomic mass is 10.0. The molecule has 0 spiro atoms. The van der Waals surface area contributed by atoms with Gasteiger partial charge in [-0.3, -0.25) is 9.59 Å². The molecule has 0 heterocycles. The van der Waals surface area contributed by atoms with Gasteiger partial charge in [0, 0.05) is 6.42 Å². The lowest BCUT2D eigenvalue weighted by Crippen LogP contribution is -2.46. The Bertz CT molecular complexity index is 1090. The molecule has 0 aromatic heterocycles. The summed E-state index contributed by atoms with van der Waals surface area (Å²) >= 11 is 0. The van der Waals surface area contributed by atoms with E-state index in [1.54, 1.807) is 0 Å². The van der Waals surface area contributed by atoms with Crippen molar-refractivity contribution in [3.8, 4) is 0 Å². The van der Waals surface area contributed by atoms with Crippen molar-refractivity contribution in [1.29, 1.82) is 0 Å². The van der Waals surface area contributed by atoms with E-state index in [1.807, 2.05) is 0 Å². The molecule has 0 aromatic rings. The van der Waals surface area contributed by atoms with E-state index in [0.717, 1.165) is 103 Å². The first kappa shape index (κ1) is 55.3. The van der Waals surface area contributed by atoms with Crippen LogP contribution in [0.2, 0.25) is 0 Å². The minimum atomic E-state index is -0.802. The number of unbranched alkanes of at least 4 members (excludes halogenated alkanes) is 20. The highest BCUT2D eigenvalue weighted by Crippen LogP contribution is 2.16. The number of aliphatic hydroxyl groups excluding tert-OH is 2. The van der Waals surface area contributed by atoms with Gasteiger partial charge in [0.25, 0.3) is 0 Å². The number of hydrogen-bond acceptors (Lipinski definition) is 5. The van der Waals surface area contributed by atoms with Crippen LogP contribution in [0.15, 0.2) is 72.9 Å². The Kier molecular flexibility index (Phi) is 43.3. The number of esters is 1. The molecule has 3 N–H and O–H groups in total. The number of nitrogens with one attached hydrogen (secondary N) is 1. The summed E-state index contributed by atoms with van der Waals surface area (Å²) in [6.07, 6.45) is 56.7. The number of aliphatic hydroxyl groups is 2. The Balaban J connectivity index is 4.73. The summed E-state index contributed by atoms with van der Waals surface area (Å²) in [6, 6.07) is -0.718. The molecule has 0 aromatic carbocycles. The molecule has 0 bridgehead atoms. The molecular weight excluding hydrogens is 719 g/mol. The molecule has 0 fully saturated rings. The van der Waals surface area contributed by atoms with Gasteiger partial charge in [0.1, 0.15) is 6.10 Å². The molecule has 3 unspecified atom stereocenters. The average Bonchev–Trinajstić information content (AvgIpc) is 3.22. The first-order valence-corrected chi connectivity index (χ1v) is 24.2. The van der Waals surface area contributed by atoms with Crippen LogP contribution in [0.25, 0.3) is 0 Å². The summed E-state index contributed by atoms with van der Waals surface area (Å²) in [7, 11) is 0. The van der Waals surface area contributed by atoms with E-state index in [-0.39, 0.29) is 24.9 Å². The van der Waals surface area contributed by atoms with Gasteiger partial charge in [0.2, 0.25) is 5.91 Å². The lowest BCUT2D eigenvalue weighted by Gasteiger charge is -2.24. The molecule has 0 saturated heterocycles. The van der Waals surface area contributed by atoms with Crippen LogP contribution < -0.4 is 5.32 Å². The van der Waals surface area contributed by atoms with Crippen molar-refractivity contribution in [3.63, 3.8) is 0 Å². The van der Waals surface area contributed by atoms with Gasteiger partial charge >= 0.3 is 5.97 Å². The maximum atomic E-state index is 13.1. The molecule has 0 aliphatic rings. The number of allylic oxidation sites excluding steroid dienone is 12. The van der Waals surface area contributed by atoms with Crippen LogP contribution in [-0.2, 0) is 14.3 Å². The number of carbonyl (C=O) groups excluding carboxylic acids is 2. The number of rotatable bonds is 42. The number of carbonyl (C=O) groups is 2. The first-order valence-electron chi connectivity index (χ1n) is 24.2. The second-order valence-corrected chi connectivity index (χ2v) is 16.2. The monoisotopic (exact) mass is 810 g/mol. The largest absolute Gasteiger partial charge is 0.462 e. The van der Waals surface area contributed by atoms with Crippen LogP contribution in [0, 0.1) is 0 Å². The zero-order valence-corrected chi connectivity index (χ0v) is 37.9. The Hall–Kier alpha value is -2.70. The number of hydrogen-bond donors (Lipinski definition) is 3. The molecular formula is C52H91NO5. The molecule has 334 valence electrons. The molecule has 1 amide bonds. The minimum absolute atomic E-state index is 0.0426. The van der Waals surface area contributed by atoms with Crippen molar-refractivity contribution in [3.05, 3.63) is 72.9 Å². The topological polar surface area (TPSA) is 95.9 Å². The molecule has 0 aliphatic carbocycles. The van der Waals surface area contributed by atoms with Gasteiger partial charge in [-0.05, 0) is 83.5 Å². The zero-order valence-electron chi connectivity index (χ0n) is 37.9. The molecule has 58 heavy (non-hydrogen) atoms. The minimum Gasteiger partial charge on any atom is -0.462 e. The van der Waals surface area contributed by atoms with Crippen molar-refractivity contribution < 1.29 is 24.5 Å². The highest BCUT2D eigenvalue weighted by molar-refractivity contribution is 5.77. The lowest BCUT2D eigenvalue weighted by molar-refractivity contribution is -0.151. The normalized spacial score (nSPS) is 13.9. The quantitative estimate of drug-likeness (QED) is 0.0247. The second-order valence-electron chi connectivity index (χ2n) is 16.2. The smallest absolute Gasteiger partial charge is 0.306 e. The fourth-order valence-electron chi connectivity index (χ4n) is 6.92. The van der Waals surface area contributed by atoms with E-state index in [9.17, 15) is 19.8 Å². The van der Waals surface area contributed by atoms with Gasteiger partial charge in [0.05, 0.1) is 25.2 Å². The summed E-state index contributed by atoms with van der Waals surface area (Å²) in [6.45, 7) is 6.31. The Morgan fingerprint density at radius 2 is 1.00 bits per heavy atom. The summed E-state index contributed by atoms with van der Waals surface area (Å²) in [5, 5.41) is 23.6. The molecule has 3 atom stereocenters. The standard InChI is InChI=1S/C52H91NO5/c1-4-7-10-13-16-19-21-23-25-26-27-29-32-34-37-40-43-48(58-52(57)45-42-39-36-33-30-28-24-22-20-17-14-11-8-5-2)46-51(56)53-49(47-54)50(55)44-41-38-35-31-18-15-12-9-6-3/h8,11,17,20-21,23-29,48-50,54-55H,4-7,9-10,12-16,18-19,22,30-47H2,1-3H3,(H,53,56)/b11-8+,20-17+,23-21+,26-25+,28-24+,29-27+. The van der Waals surface area contributed by atoms with Crippen LogP contribution in [-0.4, -0.2) is 46.9 Å². The SMILES string of the molecule is CC/C=C/C/C=C/C/C=C/CCCCCCC(=O)OC(CCCCC/C=C/C=C/C=C/CCCCCCC)CC(=O)NC(CO)C(O)CCCCCCCCCCC. The van der Waals surface area contributed by atoms with Crippen molar-refractivity contribution >= 4 is 11.9 Å². The van der Waals surface area contributed by atoms with Gasteiger partial charge in [-0.2, -0.15) is 0 Å². The van der Waals surface area contributed by atoms with Crippen molar-refractivity contribution in [2.75, 3.05) is 6.61 Å². The van der Waals surface area contributed by atoms with Crippen LogP contribution in [0.3, 0.4) is 0 Å². The summed E-state index contributed by atoms with van der Waals surface area (Å²) in [4.78, 5) is 26.0. The predicted octanol–water partition coefficient (Wildman–Crippen LogP) is 14.2. The molecule has 6 heteroatoms. The highest BCUT2D eigenvalue weighted by atomic mass is 16.5. The third-order valence-corrected chi connectivity index (χ3v) is 10.6. The van der Waals surface area contributed by atoms with Crippen molar-refractivity contribution in [1.82, 2.24) is 5.32 Å². The zero-order chi connectivity index (χ0) is 42.4. The van der Waals surface area contributed by atoms with Crippen molar-refractivity contribution in [2.45, 2.75) is 238 Å². The molecule has 0 aliphatic heterocycles. The molecule has 0 saturated carbocycles. The Morgan fingerprint density at radius 3 is 1.57 bits per heavy atom. The van der Waals surface area contributed by atoms with E-state index < -0.39 is 18.2 Å². The van der Waals surface area contributed by atoms with Gasteiger partial charge in [-0.25, -0.2) is 0 Å². The number of amides is 1. The Morgan fingerprint density at radius 1 is 0.534 bits per heavy atom. The van der Waals surface area contributed by atoms with E-state index in [2.05, 4.69) is 99.0 Å². The van der Waals surface area contributed by atoms with E-state index in [0.29, 0.717) is 19.3 Å². The van der Waals surface area contributed by atoms with Crippen LogP contribution in [0.4, 0.5) is 0 Å². The average molecular weight is 810 g/mol. The summed E-state index contributed by atoms with van der Waals surface area (Å²) in [5.74, 6) is -0.539. The molecule has 0 radical (unpaired) electrons. The van der Waals surface area contributed by atoms with Crippen LogP contribution in [0.1, 0.15) is 220 Å². The summed E-state index contributed by atoms with van der Waals surface area (Å²) < 4.78 is 5.89. The fourth-order valence-corrected chi connectivity index (χ4v) is 6.92. The van der Waals surface area contributed by atoms with E-state index in [4.69, 9.17) is 4.74 Å². The van der Waals surface area contributed by atoms with Gasteiger partial charge in [-0.15, -0.1) is 0 Å². The van der Waals surface area contributed by atoms with Gasteiger partial charge in [0.15, 0.2) is 0 Å². The maximum Gasteiger partial charge on any atom is 0.306 e. The highest BCUT2D eigenvalue weighted by Gasteiger charge is 2.24. The first-order chi connectivity index (χ1) is 28.5. The van der Waals surface area contributed by atoms with Crippen LogP contribution in [0.5, 0.6) is 0 Å². The molecule has 6 nitrogen and oxygen atoms in total. The predicted molar refractivity (Wildman–Crippen MR) is 250 cm³/mol. The van der Waals surface area contributed by atoms with E-state index in [1.165, 1.54) is 70.6 Å². The Labute approximate surface area is 358 Å². The van der Waals surface area contributed by atoms with Crippen LogP contribution >= 0.6 is 0 Å². The second kappa shape index (κ2) is 45.4. The third kappa shape index (κ3) is 40.1. The van der Waals surface area contributed by atoms with Crippen molar-refractivity contribution in [2.24, 2.45) is 0 Å². The number of ether oxygens (including phenoxy) is 1. The maximum absolute atomic E-state index is 13.1. The summed E-state index contributed by atoms with van der Waals surface area (Å²) in [5.41, 5.74) is 0. The van der Waals surface area contributed by atoms with Gasteiger partial charge < -0.3 is 20.3 Å². The van der Waals surface area contributed by atoms with E-state index >= 15 is 0 Å².